The predicted molar refractivity (Wildman–Crippen MR) is 59.5 cm³/mol. The first-order chi connectivity index (χ1) is 6.16. The average molecular weight is 289 g/mol. The largest absolute Gasteiger partial charge is 0.302 e. The van der Waals surface area contributed by atoms with Crippen molar-refractivity contribution in [1.82, 2.24) is 14.9 Å². The van der Waals surface area contributed by atoms with Crippen molar-refractivity contribution >= 4 is 22.6 Å². The lowest BCUT2D eigenvalue weighted by Gasteiger charge is -2.24. The Morgan fingerprint density at radius 2 is 2.15 bits per heavy atom. The van der Waals surface area contributed by atoms with Crippen molar-refractivity contribution in [2.45, 2.75) is 19.9 Å². The van der Waals surface area contributed by atoms with Crippen molar-refractivity contribution in [3.63, 3.8) is 0 Å². The Hall–Kier alpha value is -0.230. The summed E-state index contributed by atoms with van der Waals surface area (Å²) in [4.78, 5) is 11.1. The Balaban J connectivity index is 2.47. The summed E-state index contributed by atoms with van der Waals surface area (Å²) >= 11 is 2.30. The van der Waals surface area contributed by atoms with Gasteiger partial charge in [-0.1, -0.05) is 0 Å². The zero-order valence-electron chi connectivity index (χ0n) is 7.84. The molecule has 0 atom stereocenters. The van der Waals surface area contributed by atoms with E-state index in [1.54, 1.807) is 0 Å². The van der Waals surface area contributed by atoms with Gasteiger partial charge in [-0.2, -0.15) is 0 Å². The van der Waals surface area contributed by atoms with Crippen LogP contribution < -0.4 is 0 Å². The molecular formula is C9H12IN3. The minimum absolute atomic E-state index is 0.896. The molecule has 70 valence electrons. The number of aromatic nitrogens is 2. The number of rotatable bonds is 0. The van der Waals surface area contributed by atoms with Gasteiger partial charge in [0.1, 0.15) is 9.53 Å². The second-order valence-corrected chi connectivity index (χ2v) is 4.50. The van der Waals surface area contributed by atoms with Gasteiger partial charge in [0.15, 0.2) is 0 Å². The smallest absolute Gasteiger partial charge is 0.126 e. The predicted octanol–water partition coefficient (Wildman–Crippen LogP) is 1.38. The summed E-state index contributed by atoms with van der Waals surface area (Å²) in [5.41, 5.74) is 2.56. The standard InChI is InChI=1S/C9H12IN3/c1-6-11-8-3-4-13(2)5-7(8)9(10)12-6/h3-5H2,1-2H3. The average Bonchev–Trinajstić information content (AvgIpc) is 2.06. The van der Waals surface area contributed by atoms with Crippen molar-refractivity contribution in [2.24, 2.45) is 0 Å². The van der Waals surface area contributed by atoms with Crippen molar-refractivity contribution in [3.8, 4) is 0 Å². The van der Waals surface area contributed by atoms with Crippen molar-refractivity contribution in [1.29, 1.82) is 0 Å². The molecule has 1 aromatic rings. The Bertz CT molecular complexity index is 338. The van der Waals surface area contributed by atoms with Crippen LogP contribution in [0.5, 0.6) is 0 Å². The normalized spacial score (nSPS) is 17.2. The second-order valence-electron chi connectivity index (χ2n) is 3.47. The highest BCUT2D eigenvalue weighted by Gasteiger charge is 2.17. The highest BCUT2D eigenvalue weighted by atomic mass is 127. The zero-order valence-corrected chi connectivity index (χ0v) is 10.00. The first kappa shape index (κ1) is 9.33. The van der Waals surface area contributed by atoms with Crippen LogP contribution in [0.1, 0.15) is 17.1 Å². The van der Waals surface area contributed by atoms with Gasteiger partial charge < -0.3 is 4.90 Å². The van der Waals surface area contributed by atoms with Crippen LogP contribution in [0, 0.1) is 10.6 Å². The van der Waals surface area contributed by atoms with Crippen LogP contribution >= 0.6 is 22.6 Å². The number of aryl methyl sites for hydroxylation is 1. The van der Waals surface area contributed by atoms with Gasteiger partial charge >= 0.3 is 0 Å². The summed E-state index contributed by atoms with van der Waals surface area (Å²) in [6.07, 6.45) is 1.06. The SMILES string of the molecule is Cc1nc(I)c2c(n1)CCN(C)C2. The fraction of sp³-hybridized carbons (Fsp3) is 0.556. The molecule has 2 heterocycles. The molecular weight excluding hydrogens is 277 g/mol. The molecule has 0 N–H and O–H groups in total. The summed E-state index contributed by atoms with van der Waals surface area (Å²) in [5, 5.41) is 0. The van der Waals surface area contributed by atoms with Gasteiger partial charge in [0, 0.05) is 25.1 Å². The van der Waals surface area contributed by atoms with Gasteiger partial charge in [0.25, 0.3) is 0 Å². The number of fused-ring (bicyclic) bond motifs is 1. The van der Waals surface area contributed by atoms with Crippen molar-refractivity contribution in [3.05, 3.63) is 20.8 Å². The highest BCUT2D eigenvalue weighted by molar-refractivity contribution is 14.1. The number of halogens is 1. The Morgan fingerprint density at radius 3 is 2.92 bits per heavy atom. The molecule has 0 spiro atoms. The summed E-state index contributed by atoms with van der Waals surface area (Å²) in [5.74, 6) is 0.896. The van der Waals surface area contributed by atoms with E-state index in [1.807, 2.05) is 6.92 Å². The molecule has 0 aromatic carbocycles. The van der Waals surface area contributed by atoms with Gasteiger partial charge in [-0.15, -0.1) is 0 Å². The monoisotopic (exact) mass is 289 g/mol. The lowest BCUT2D eigenvalue weighted by atomic mass is 10.1. The molecule has 0 aliphatic carbocycles. The van der Waals surface area contributed by atoms with E-state index in [1.165, 1.54) is 11.3 Å². The third-order valence-electron chi connectivity index (χ3n) is 2.31. The second kappa shape index (κ2) is 3.49. The quantitative estimate of drug-likeness (QED) is 0.534. The summed E-state index contributed by atoms with van der Waals surface area (Å²) in [7, 11) is 2.14. The van der Waals surface area contributed by atoms with Crippen molar-refractivity contribution < 1.29 is 0 Å². The molecule has 1 aromatic heterocycles. The van der Waals surface area contributed by atoms with Gasteiger partial charge in [0.2, 0.25) is 0 Å². The fourth-order valence-corrected chi connectivity index (χ4v) is 2.46. The Kier molecular flexibility index (Phi) is 2.51. The van der Waals surface area contributed by atoms with Crippen LogP contribution in [0.4, 0.5) is 0 Å². The lowest BCUT2D eigenvalue weighted by molar-refractivity contribution is 0.307. The molecule has 4 heteroatoms. The molecule has 0 saturated heterocycles. The minimum atomic E-state index is 0.896. The Morgan fingerprint density at radius 1 is 1.38 bits per heavy atom. The molecule has 3 nitrogen and oxygen atoms in total. The molecule has 0 saturated carbocycles. The van der Waals surface area contributed by atoms with Crippen LogP contribution in [0.3, 0.4) is 0 Å². The molecule has 2 rings (SSSR count). The molecule has 13 heavy (non-hydrogen) atoms. The maximum atomic E-state index is 4.47. The van der Waals surface area contributed by atoms with E-state index >= 15 is 0 Å². The zero-order chi connectivity index (χ0) is 9.42. The van der Waals surface area contributed by atoms with Crippen molar-refractivity contribution in [2.75, 3.05) is 13.6 Å². The first-order valence-corrected chi connectivity index (χ1v) is 5.45. The number of hydrogen-bond acceptors (Lipinski definition) is 3. The number of nitrogens with zero attached hydrogens (tertiary/aromatic N) is 3. The molecule has 0 radical (unpaired) electrons. The van der Waals surface area contributed by atoms with E-state index < -0.39 is 0 Å². The minimum Gasteiger partial charge on any atom is -0.302 e. The molecule has 0 bridgehead atoms. The van der Waals surface area contributed by atoms with Gasteiger partial charge in [-0.25, -0.2) is 9.97 Å². The molecule has 0 unspecified atom stereocenters. The lowest BCUT2D eigenvalue weighted by Crippen LogP contribution is -2.28. The molecule has 0 fully saturated rings. The molecule has 1 aliphatic heterocycles. The van der Waals surface area contributed by atoms with Gasteiger partial charge in [-0.3, -0.25) is 0 Å². The van der Waals surface area contributed by atoms with E-state index in [0.717, 1.165) is 29.0 Å². The highest BCUT2D eigenvalue weighted by Crippen LogP contribution is 2.20. The van der Waals surface area contributed by atoms with E-state index in [0.29, 0.717) is 0 Å². The van der Waals surface area contributed by atoms with E-state index in [9.17, 15) is 0 Å². The van der Waals surface area contributed by atoms with Crippen LogP contribution in [0.15, 0.2) is 0 Å². The molecule has 1 aliphatic rings. The van der Waals surface area contributed by atoms with Crippen LogP contribution in [0.2, 0.25) is 0 Å². The maximum Gasteiger partial charge on any atom is 0.126 e. The topological polar surface area (TPSA) is 29.0 Å². The van der Waals surface area contributed by atoms with Gasteiger partial charge in [-0.05, 0) is 36.6 Å². The van der Waals surface area contributed by atoms with E-state index in [4.69, 9.17) is 0 Å². The van der Waals surface area contributed by atoms with Crippen LogP contribution in [-0.2, 0) is 13.0 Å². The third kappa shape index (κ3) is 1.83. The maximum absolute atomic E-state index is 4.47. The van der Waals surface area contributed by atoms with E-state index in [-0.39, 0.29) is 0 Å². The van der Waals surface area contributed by atoms with Crippen LogP contribution in [-0.4, -0.2) is 28.5 Å². The first-order valence-electron chi connectivity index (χ1n) is 4.37. The summed E-state index contributed by atoms with van der Waals surface area (Å²) < 4.78 is 1.12. The van der Waals surface area contributed by atoms with E-state index in [2.05, 4.69) is 44.5 Å². The summed E-state index contributed by atoms with van der Waals surface area (Å²) in [6, 6.07) is 0. The van der Waals surface area contributed by atoms with Crippen LogP contribution in [0.25, 0.3) is 0 Å². The Labute approximate surface area is 91.7 Å². The van der Waals surface area contributed by atoms with Gasteiger partial charge in [0.05, 0.1) is 5.69 Å². The molecule has 0 amide bonds. The summed E-state index contributed by atoms with van der Waals surface area (Å²) in [6.45, 7) is 4.06. The number of hydrogen-bond donors (Lipinski definition) is 0. The fourth-order valence-electron chi connectivity index (χ4n) is 1.63. The number of likely N-dealkylation sites (N-methyl/N-ethyl adjacent to an activating group) is 1. The third-order valence-corrected chi connectivity index (χ3v) is 3.20.